The van der Waals surface area contributed by atoms with Crippen LogP contribution < -0.4 is 0 Å². The monoisotopic (exact) mass is 366 g/mol. The fourth-order valence-electron chi connectivity index (χ4n) is 4.41. The molecule has 1 heteroatoms. The first-order chi connectivity index (χ1) is 13.2. The normalized spacial score (nSPS) is 18.2. The zero-order chi connectivity index (χ0) is 18.9. The number of fused-ring (bicyclic) bond motifs is 1. The quantitative estimate of drug-likeness (QED) is 0.484. The Morgan fingerprint density at radius 2 is 1.33 bits per heavy atom. The van der Waals surface area contributed by atoms with Crippen LogP contribution in [-0.4, -0.2) is 0 Å². The highest BCUT2D eigenvalue weighted by Gasteiger charge is 2.48. The van der Waals surface area contributed by atoms with Gasteiger partial charge < -0.3 is 0 Å². The van der Waals surface area contributed by atoms with Gasteiger partial charge in [0, 0.05) is 4.91 Å². The second kappa shape index (κ2) is 7.09. The van der Waals surface area contributed by atoms with E-state index in [0.29, 0.717) is 0 Å². The summed E-state index contributed by atoms with van der Waals surface area (Å²) in [6.45, 7) is 6.10. The van der Waals surface area contributed by atoms with E-state index in [1.165, 1.54) is 33.4 Å². The first kappa shape index (κ1) is 17.6. The maximum atomic E-state index is 4.79. The van der Waals surface area contributed by atoms with Crippen LogP contribution in [0.4, 0.5) is 0 Å². The fraction of sp³-hybridized carbons (Fsp3) is 0.0769. The molecule has 0 aliphatic heterocycles. The van der Waals surface area contributed by atoms with Gasteiger partial charge in [0.2, 0.25) is 0 Å². The van der Waals surface area contributed by atoms with Crippen molar-refractivity contribution in [2.75, 3.05) is 0 Å². The molecule has 0 nitrogen and oxygen atoms in total. The molecule has 0 radical (unpaired) electrons. The van der Waals surface area contributed by atoms with Crippen LogP contribution in [0.2, 0.25) is 0 Å². The third kappa shape index (κ3) is 2.54. The van der Waals surface area contributed by atoms with Crippen LogP contribution in [0.1, 0.15) is 29.2 Å². The van der Waals surface area contributed by atoms with Crippen LogP contribution in [0.25, 0.3) is 5.57 Å². The van der Waals surface area contributed by atoms with E-state index >= 15 is 0 Å². The summed E-state index contributed by atoms with van der Waals surface area (Å²) in [5.41, 5.74) is 7.10. The summed E-state index contributed by atoms with van der Waals surface area (Å²) in [5.74, 6) is 0. The largest absolute Gasteiger partial charge is 0.143 e. The average Bonchev–Trinajstić information content (AvgIpc) is 3.05. The second-order valence-electron chi connectivity index (χ2n) is 6.69. The molecule has 0 atom stereocenters. The molecular formula is C26H22S. The zero-order valence-electron chi connectivity index (χ0n) is 15.4. The smallest absolute Gasteiger partial charge is 0.0710 e. The standard InChI is InChI=1S/C26H22S/c1-3-22-25(24(27)4-2)21-17-11-12-18-23(21)26(22,19-13-7-5-8-14-19)20-15-9-6-10-16-20/h3-18,27H,2H2,1H3/b22-3+,25-24+. The Bertz CT molecular complexity index is 1000. The minimum Gasteiger partial charge on any atom is -0.143 e. The molecule has 0 saturated heterocycles. The lowest BCUT2D eigenvalue weighted by Gasteiger charge is -2.34. The summed E-state index contributed by atoms with van der Waals surface area (Å²) in [4.78, 5) is 0.907. The van der Waals surface area contributed by atoms with E-state index in [1.807, 2.05) is 6.08 Å². The first-order valence-electron chi connectivity index (χ1n) is 9.19. The highest BCUT2D eigenvalue weighted by Crippen LogP contribution is 2.58. The highest BCUT2D eigenvalue weighted by molar-refractivity contribution is 7.85. The molecule has 0 fully saturated rings. The van der Waals surface area contributed by atoms with Crippen molar-refractivity contribution in [2.24, 2.45) is 0 Å². The highest BCUT2D eigenvalue weighted by atomic mass is 32.1. The molecule has 0 bridgehead atoms. The van der Waals surface area contributed by atoms with Gasteiger partial charge in [-0.05, 0) is 40.3 Å². The Morgan fingerprint density at radius 3 is 1.85 bits per heavy atom. The van der Waals surface area contributed by atoms with Crippen molar-refractivity contribution in [2.45, 2.75) is 12.3 Å². The molecule has 4 rings (SSSR count). The first-order valence-corrected chi connectivity index (χ1v) is 9.63. The van der Waals surface area contributed by atoms with E-state index < -0.39 is 0 Å². The maximum absolute atomic E-state index is 4.79. The van der Waals surface area contributed by atoms with Crippen molar-refractivity contribution in [3.8, 4) is 0 Å². The molecule has 0 unspecified atom stereocenters. The lowest BCUT2D eigenvalue weighted by Crippen LogP contribution is -2.28. The summed E-state index contributed by atoms with van der Waals surface area (Å²) < 4.78 is 0. The Labute approximate surface area is 167 Å². The molecule has 0 N–H and O–H groups in total. The van der Waals surface area contributed by atoms with Gasteiger partial charge in [-0.2, -0.15) is 0 Å². The number of thiol groups is 1. The van der Waals surface area contributed by atoms with Crippen LogP contribution in [0, 0.1) is 0 Å². The van der Waals surface area contributed by atoms with Crippen molar-refractivity contribution in [3.63, 3.8) is 0 Å². The molecule has 27 heavy (non-hydrogen) atoms. The topological polar surface area (TPSA) is 0 Å². The van der Waals surface area contributed by atoms with Crippen LogP contribution >= 0.6 is 12.6 Å². The van der Waals surface area contributed by atoms with Crippen LogP contribution in [-0.2, 0) is 5.41 Å². The predicted octanol–water partition coefficient (Wildman–Crippen LogP) is 6.81. The van der Waals surface area contributed by atoms with E-state index in [1.54, 1.807) is 0 Å². The molecular weight excluding hydrogens is 344 g/mol. The number of rotatable bonds is 3. The second-order valence-corrected chi connectivity index (χ2v) is 7.18. The van der Waals surface area contributed by atoms with Crippen LogP contribution in [0.5, 0.6) is 0 Å². The maximum Gasteiger partial charge on any atom is 0.0710 e. The Hall–Kier alpha value is -2.77. The minimum absolute atomic E-state index is 0.361. The van der Waals surface area contributed by atoms with Gasteiger partial charge >= 0.3 is 0 Å². The summed E-state index contributed by atoms with van der Waals surface area (Å²) in [5, 5.41) is 0. The number of hydrogen-bond acceptors (Lipinski definition) is 1. The van der Waals surface area contributed by atoms with Gasteiger partial charge in [0.05, 0.1) is 5.41 Å². The number of hydrogen-bond donors (Lipinski definition) is 1. The summed E-state index contributed by atoms with van der Waals surface area (Å²) >= 11 is 4.79. The lowest BCUT2D eigenvalue weighted by molar-refractivity contribution is 0.767. The van der Waals surface area contributed by atoms with Gasteiger partial charge in [-0.3, -0.25) is 0 Å². The van der Waals surface area contributed by atoms with E-state index in [-0.39, 0.29) is 5.41 Å². The van der Waals surface area contributed by atoms with Crippen LogP contribution in [0.3, 0.4) is 0 Å². The summed E-state index contributed by atoms with van der Waals surface area (Å²) in [6.07, 6.45) is 4.07. The predicted molar refractivity (Wildman–Crippen MR) is 119 cm³/mol. The van der Waals surface area contributed by atoms with E-state index in [9.17, 15) is 0 Å². The number of benzene rings is 3. The molecule has 0 spiro atoms. The fourth-order valence-corrected chi connectivity index (χ4v) is 4.65. The molecule has 1 aliphatic carbocycles. The van der Waals surface area contributed by atoms with E-state index in [0.717, 1.165) is 4.91 Å². The van der Waals surface area contributed by atoms with E-state index in [2.05, 4.69) is 105 Å². The van der Waals surface area contributed by atoms with Gasteiger partial charge in [0.1, 0.15) is 0 Å². The van der Waals surface area contributed by atoms with Gasteiger partial charge in [0.15, 0.2) is 0 Å². The molecule has 3 aromatic rings. The average molecular weight is 367 g/mol. The van der Waals surface area contributed by atoms with Gasteiger partial charge in [-0.1, -0.05) is 104 Å². The van der Waals surface area contributed by atoms with Gasteiger partial charge in [0.25, 0.3) is 0 Å². The van der Waals surface area contributed by atoms with Gasteiger partial charge in [-0.25, -0.2) is 0 Å². The molecule has 0 aromatic heterocycles. The van der Waals surface area contributed by atoms with Crippen molar-refractivity contribution < 1.29 is 0 Å². The zero-order valence-corrected chi connectivity index (χ0v) is 16.3. The molecule has 132 valence electrons. The Kier molecular flexibility index (Phi) is 4.63. The third-order valence-electron chi connectivity index (χ3n) is 5.43. The Morgan fingerprint density at radius 1 is 0.815 bits per heavy atom. The van der Waals surface area contributed by atoms with Crippen molar-refractivity contribution in [1.82, 2.24) is 0 Å². The summed E-state index contributed by atoms with van der Waals surface area (Å²) in [7, 11) is 0. The minimum atomic E-state index is -0.361. The molecule has 0 heterocycles. The lowest BCUT2D eigenvalue weighted by atomic mass is 9.67. The SMILES string of the molecule is C=C/C(S)=C1\C(=C/C)C(c2ccccc2)(c2ccccc2)c2ccccc21. The molecule has 3 aromatic carbocycles. The van der Waals surface area contributed by atoms with Crippen LogP contribution in [0.15, 0.2) is 114 Å². The molecule has 1 aliphatic rings. The molecule has 0 amide bonds. The third-order valence-corrected chi connectivity index (χ3v) is 5.83. The van der Waals surface area contributed by atoms with Crippen molar-refractivity contribution >= 4 is 18.2 Å². The number of allylic oxidation sites excluding steroid dienone is 4. The summed E-state index contributed by atoms with van der Waals surface area (Å²) in [6, 6.07) is 30.2. The van der Waals surface area contributed by atoms with Crippen molar-refractivity contribution in [3.05, 3.63) is 136 Å². The van der Waals surface area contributed by atoms with Crippen molar-refractivity contribution in [1.29, 1.82) is 0 Å². The Balaban J connectivity index is 2.21. The molecule has 0 saturated carbocycles. The van der Waals surface area contributed by atoms with E-state index in [4.69, 9.17) is 12.6 Å². The van der Waals surface area contributed by atoms with Gasteiger partial charge in [-0.15, -0.1) is 12.6 Å².